The molecule has 8 aromatic carbocycles. The van der Waals surface area contributed by atoms with Crippen LogP contribution in [0.2, 0.25) is 0 Å². The smallest absolute Gasteiger partial charge is 0.0788 e. The van der Waals surface area contributed by atoms with E-state index in [0.717, 1.165) is 22.5 Å². The highest BCUT2D eigenvalue weighted by atomic mass is 15.0. The molecule has 0 bridgehead atoms. The van der Waals surface area contributed by atoms with E-state index in [1.54, 1.807) is 0 Å². The van der Waals surface area contributed by atoms with Crippen LogP contribution in [0.25, 0.3) is 93.1 Å². The molecule has 0 aliphatic heterocycles. The van der Waals surface area contributed by atoms with Gasteiger partial charge in [0.2, 0.25) is 0 Å². The lowest BCUT2D eigenvalue weighted by Gasteiger charge is -2.14. The van der Waals surface area contributed by atoms with Gasteiger partial charge in [-0.05, 0) is 69.1 Å². The minimum atomic E-state index is 1.01. The first-order chi connectivity index (χ1) is 23.3. The van der Waals surface area contributed by atoms with Gasteiger partial charge in [0.25, 0.3) is 0 Å². The quantitative estimate of drug-likeness (QED) is 0.186. The third-order valence-corrected chi connectivity index (χ3v) is 9.75. The standard InChI is InChI=1S/C45H28N2/c1-2-12-30(13-3-1)45-38-26-27-42-44(43(38)36-18-8-10-20-40(36)46-45)37-19-9-11-21-41(37)47(42)32-24-22-29(23-25-32)39-28-31-14-4-5-15-33(31)34-16-6-7-17-35(34)39/h1-28H. The topological polar surface area (TPSA) is 17.8 Å². The lowest BCUT2D eigenvalue weighted by Crippen LogP contribution is -1.95. The van der Waals surface area contributed by atoms with Gasteiger partial charge in [-0.25, -0.2) is 4.98 Å². The van der Waals surface area contributed by atoms with Gasteiger partial charge in [-0.3, -0.25) is 0 Å². The van der Waals surface area contributed by atoms with E-state index < -0.39 is 0 Å². The van der Waals surface area contributed by atoms with Crippen LogP contribution in [0.3, 0.4) is 0 Å². The summed E-state index contributed by atoms with van der Waals surface area (Å²) in [6, 6.07) is 61.3. The molecule has 218 valence electrons. The highest BCUT2D eigenvalue weighted by Gasteiger charge is 2.19. The zero-order valence-electron chi connectivity index (χ0n) is 25.6. The van der Waals surface area contributed by atoms with Gasteiger partial charge in [-0.15, -0.1) is 0 Å². The van der Waals surface area contributed by atoms with Gasteiger partial charge in [0.05, 0.1) is 22.2 Å². The molecule has 0 amide bonds. The predicted octanol–water partition coefficient (Wildman–Crippen LogP) is 12.1. The lowest BCUT2D eigenvalue weighted by atomic mass is 9.93. The molecule has 0 spiro atoms. The molecule has 10 aromatic rings. The second kappa shape index (κ2) is 10.1. The molecular formula is C45H28N2. The van der Waals surface area contributed by atoms with E-state index in [-0.39, 0.29) is 0 Å². The molecule has 0 fully saturated rings. The Morgan fingerprint density at radius 1 is 0.383 bits per heavy atom. The normalized spacial score (nSPS) is 11.8. The average Bonchev–Trinajstić information content (AvgIpc) is 3.49. The molecular weight excluding hydrogens is 569 g/mol. The number of benzene rings is 8. The van der Waals surface area contributed by atoms with Crippen molar-refractivity contribution in [3.8, 4) is 28.1 Å². The third kappa shape index (κ3) is 3.89. The largest absolute Gasteiger partial charge is 0.309 e. The molecule has 2 heteroatoms. The Morgan fingerprint density at radius 2 is 1.04 bits per heavy atom. The van der Waals surface area contributed by atoms with Crippen molar-refractivity contribution in [3.63, 3.8) is 0 Å². The lowest BCUT2D eigenvalue weighted by molar-refractivity contribution is 1.18. The van der Waals surface area contributed by atoms with E-state index >= 15 is 0 Å². The van der Waals surface area contributed by atoms with E-state index in [9.17, 15) is 0 Å². The number of aromatic nitrogens is 2. The minimum absolute atomic E-state index is 1.01. The highest BCUT2D eigenvalue weighted by Crippen LogP contribution is 2.42. The Bertz CT molecular complexity index is 2830. The first-order valence-electron chi connectivity index (χ1n) is 16.1. The molecule has 2 aromatic heterocycles. The van der Waals surface area contributed by atoms with Crippen LogP contribution in [0.5, 0.6) is 0 Å². The van der Waals surface area contributed by atoms with Crippen LogP contribution >= 0.6 is 0 Å². The zero-order chi connectivity index (χ0) is 30.9. The molecule has 0 aliphatic carbocycles. The number of para-hydroxylation sites is 2. The fraction of sp³-hybridized carbons (Fsp3) is 0. The summed E-state index contributed by atoms with van der Waals surface area (Å²) in [5, 5.41) is 11.2. The summed E-state index contributed by atoms with van der Waals surface area (Å²) in [7, 11) is 0. The first kappa shape index (κ1) is 26.0. The third-order valence-electron chi connectivity index (χ3n) is 9.75. The Kier molecular flexibility index (Phi) is 5.61. The van der Waals surface area contributed by atoms with Crippen LogP contribution in [0.1, 0.15) is 0 Å². The van der Waals surface area contributed by atoms with Crippen LogP contribution < -0.4 is 0 Å². The molecule has 0 N–H and O–H groups in total. The molecule has 0 saturated heterocycles. The monoisotopic (exact) mass is 596 g/mol. The second-order valence-corrected chi connectivity index (χ2v) is 12.3. The van der Waals surface area contributed by atoms with Crippen molar-refractivity contribution < 1.29 is 0 Å². The van der Waals surface area contributed by atoms with Gasteiger partial charge in [-0.2, -0.15) is 0 Å². The van der Waals surface area contributed by atoms with E-state index in [2.05, 4.69) is 174 Å². The molecule has 0 unspecified atom stereocenters. The second-order valence-electron chi connectivity index (χ2n) is 12.3. The SMILES string of the molecule is c1ccc(-c2nc3ccccc3c3c2ccc2c3c3ccccc3n2-c2ccc(-c3cc4ccccc4c4ccccc34)cc2)cc1. The Balaban J connectivity index is 1.23. The summed E-state index contributed by atoms with van der Waals surface area (Å²) < 4.78 is 2.42. The van der Waals surface area contributed by atoms with Crippen molar-refractivity contribution in [2.24, 2.45) is 0 Å². The average molecular weight is 597 g/mol. The molecule has 0 saturated carbocycles. The van der Waals surface area contributed by atoms with Crippen LogP contribution in [0.15, 0.2) is 170 Å². The molecule has 10 rings (SSSR count). The van der Waals surface area contributed by atoms with Crippen molar-refractivity contribution in [2.45, 2.75) is 0 Å². The highest BCUT2D eigenvalue weighted by molar-refractivity contribution is 6.29. The van der Waals surface area contributed by atoms with Gasteiger partial charge < -0.3 is 4.57 Å². The van der Waals surface area contributed by atoms with Crippen LogP contribution in [0.4, 0.5) is 0 Å². The maximum absolute atomic E-state index is 5.20. The summed E-state index contributed by atoms with van der Waals surface area (Å²) in [6.07, 6.45) is 0. The van der Waals surface area contributed by atoms with Crippen LogP contribution in [0, 0.1) is 0 Å². The Morgan fingerprint density at radius 3 is 1.87 bits per heavy atom. The molecule has 47 heavy (non-hydrogen) atoms. The molecule has 0 atom stereocenters. The van der Waals surface area contributed by atoms with Crippen molar-refractivity contribution in [2.75, 3.05) is 0 Å². The van der Waals surface area contributed by atoms with Gasteiger partial charge >= 0.3 is 0 Å². The van der Waals surface area contributed by atoms with Crippen molar-refractivity contribution in [1.29, 1.82) is 0 Å². The fourth-order valence-corrected chi connectivity index (χ4v) is 7.68. The van der Waals surface area contributed by atoms with Gasteiger partial charge in [0.1, 0.15) is 0 Å². The Labute approximate surface area is 271 Å². The number of fused-ring (bicyclic) bond motifs is 10. The summed E-state index contributed by atoms with van der Waals surface area (Å²) in [5.41, 5.74) is 9.16. The predicted molar refractivity (Wildman–Crippen MR) is 199 cm³/mol. The van der Waals surface area contributed by atoms with E-state index in [0.29, 0.717) is 0 Å². The maximum atomic E-state index is 5.20. The van der Waals surface area contributed by atoms with Crippen molar-refractivity contribution in [1.82, 2.24) is 9.55 Å². The Hall–Kier alpha value is -6.25. The summed E-state index contributed by atoms with van der Waals surface area (Å²) in [4.78, 5) is 5.20. The molecule has 2 heterocycles. The number of rotatable bonds is 3. The number of pyridine rings is 1. The van der Waals surface area contributed by atoms with Crippen molar-refractivity contribution >= 4 is 65.0 Å². The van der Waals surface area contributed by atoms with E-state index in [4.69, 9.17) is 4.98 Å². The van der Waals surface area contributed by atoms with Crippen LogP contribution in [-0.2, 0) is 0 Å². The molecule has 0 aliphatic rings. The molecule has 2 nitrogen and oxygen atoms in total. The van der Waals surface area contributed by atoms with Crippen molar-refractivity contribution in [3.05, 3.63) is 170 Å². The first-order valence-corrected chi connectivity index (χ1v) is 16.1. The summed E-state index contributed by atoms with van der Waals surface area (Å²) >= 11 is 0. The molecule has 0 radical (unpaired) electrons. The minimum Gasteiger partial charge on any atom is -0.309 e. The van der Waals surface area contributed by atoms with Crippen LogP contribution in [-0.4, -0.2) is 9.55 Å². The van der Waals surface area contributed by atoms with Gasteiger partial charge in [0, 0.05) is 38.2 Å². The summed E-state index contributed by atoms with van der Waals surface area (Å²) in [5.74, 6) is 0. The zero-order valence-corrected chi connectivity index (χ0v) is 25.6. The summed E-state index contributed by atoms with van der Waals surface area (Å²) in [6.45, 7) is 0. The van der Waals surface area contributed by atoms with E-state index in [1.165, 1.54) is 70.6 Å². The van der Waals surface area contributed by atoms with Gasteiger partial charge in [-0.1, -0.05) is 133 Å². The number of hydrogen-bond donors (Lipinski definition) is 0. The fourth-order valence-electron chi connectivity index (χ4n) is 7.68. The number of nitrogens with zero attached hydrogens (tertiary/aromatic N) is 2. The van der Waals surface area contributed by atoms with E-state index in [1.807, 2.05) is 0 Å². The number of hydrogen-bond acceptors (Lipinski definition) is 1. The van der Waals surface area contributed by atoms with Gasteiger partial charge in [0.15, 0.2) is 0 Å². The maximum Gasteiger partial charge on any atom is 0.0788 e.